The average Bonchev–Trinajstić information content (AvgIpc) is 3.33. The summed E-state index contributed by atoms with van der Waals surface area (Å²) in [6.45, 7) is 4.28. The Morgan fingerprint density at radius 3 is 2.67 bits per heavy atom. The first-order valence-electron chi connectivity index (χ1n) is 8.74. The highest BCUT2D eigenvalue weighted by Gasteiger charge is 2.14. The molecule has 2 aromatic heterocycles. The van der Waals surface area contributed by atoms with Gasteiger partial charge in [0.25, 0.3) is 5.91 Å². The molecule has 0 spiro atoms. The first-order valence-corrected chi connectivity index (χ1v) is 10.5. The number of benzene rings is 1. The van der Waals surface area contributed by atoms with E-state index in [-0.39, 0.29) is 18.2 Å². The van der Waals surface area contributed by atoms with E-state index >= 15 is 0 Å². The predicted octanol–water partition coefficient (Wildman–Crippen LogP) is 5.15. The van der Waals surface area contributed by atoms with Crippen LogP contribution in [0.15, 0.2) is 47.2 Å². The minimum absolute atomic E-state index is 0.118. The molecule has 0 fully saturated rings. The minimum atomic E-state index is -0.183. The molecule has 5 nitrogen and oxygen atoms in total. The molecule has 0 saturated heterocycles. The Morgan fingerprint density at radius 1 is 1.11 bits per heavy atom. The maximum Gasteiger partial charge on any atom is 0.267 e. The van der Waals surface area contributed by atoms with E-state index in [0.29, 0.717) is 21.6 Å². The fraction of sp³-hybridized carbons (Fsp3) is 0.250. The zero-order valence-corrected chi connectivity index (χ0v) is 16.8. The lowest BCUT2D eigenvalue weighted by atomic mass is 9.97. The van der Waals surface area contributed by atoms with Gasteiger partial charge in [-0.2, -0.15) is 0 Å². The van der Waals surface area contributed by atoms with E-state index in [9.17, 15) is 9.59 Å². The third-order valence-electron chi connectivity index (χ3n) is 4.24. The summed E-state index contributed by atoms with van der Waals surface area (Å²) in [6, 6.07) is 11.5. The van der Waals surface area contributed by atoms with Crippen LogP contribution in [0, 0.1) is 0 Å². The Morgan fingerprint density at radius 2 is 1.93 bits per heavy atom. The lowest BCUT2D eigenvalue weighted by Crippen LogP contribution is -2.16. The molecule has 0 aliphatic rings. The number of carbonyl (C=O) groups is 2. The average molecular weight is 400 g/mol. The van der Waals surface area contributed by atoms with Gasteiger partial charge >= 0.3 is 0 Å². The van der Waals surface area contributed by atoms with Crippen molar-refractivity contribution in [3.05, 3.63) is 63.3 Å². The number of nitrogens with zero attached hydrogens (tertiary/aromatic N) is 1. The Balaban J connectivity index is 1.61. The zero-order chi connectivity index (χ0) is 19.2. The number of hydrogen-bond donors (Lipinski definition) is 2. The van der Waals surface area contributed by atoms with Gasteiger partial charge in [-0.05, 0) is 35.4 Å². The van der Waals surface area contributed by atoms with Crippen LogP contribution >= 0.6 is 22.7 Å². The van der Waals surface area contributed by atoms with Crippen molar-refractivity contribution in [1.82, 2.24) is 4.98 Å². The second kappa shape index (κ2) is 8.92. The number of hydrogen-bond acceptors (Lipinski definition) is 5. The van der Waals surface area contributed by atoms with Gasteiger partial charge in [-0.1, -0.05) is 38.1 Å². The standard InChI is InChI=1S/C20H21N3O2S2/c1-3-13(2)15-7-4-5-8-16(15)22-18(24)11-14-12-27-20(21-14)23-19(25)17-9-6-10-26-17/h4-10,12-13H,3,11H2,1-2H3,(H,22,24)(H,21,23,25)/t13-/m1/s1. The molecule has 1 aromatic carbocycles. The van der Waals surface area contributed by atoms with Crippen LogP contribution in [0.3, 0.4) is 0 Å². The monoisotopic (exact) mass is 399 g/mol. The van der Waals surface area contributed by atoms with Crippen molar-refractivity contribution in [1.29, 1.82) is 0 Å². The van der Waals surface area contributed by atoms with E-state index in [0.717, 1.165) is 17.7 Å². The molecule has 0 saturated carbocycles. The van der Waals surface area contributed by atoms with Gasteiger partial charge in [-0.15, -0.1) is 22.7 Å². The molecule has 0 aliphatic carbocycles. The summed E-state index contributed by atoms with van der Waals surface area (Å²) >= 11 is 2.69. The molecule has 0 unspecified atom stereocenters. The molecule has 2 N–H and O–H groups in total. The van der Waals surface area contributed by atoms with Crippen LogP contribution in [0.4, 0.5) is 10.8 Å². The maximum atomic E-state index is 12.4. The molecule has 2 heterocycles. The first kappa shape index (κ1) is 19.3. The fourth-order valence-electron chi connectivity index (χ4n) is 2.63. The van der Waals surface area contributed by atoms with E-state index in [1.54, 1.807) is 11.4 Å². The molecule has 1 atom stereocenters. The SMILES string of the molecule is CC[C@@H](C)c1ccccc1NC(=O)Cc1csc(NC(=O)c2cccs2)n1. The Labute approximate surface area is 166 Å². The van der Waals surface area contributed by atoms with Crippen LogP contribution in [-0.2, 0) is 11.2 Å². The largest absolute Gasteiger partial charge is 0.325 e. The van der Waals surface area contributed by atoms with Crippen molar-refractivity contribution in [2.24, 2.45) is 0 Å². The van der Waals surface area contributed by atoms with Gasteiger partial charge in [-0.3, -0.25) is 14.9 Å². The summed E-state index contributed by atoms with van der Waals surface area (Å²) in [5, 5.41) is 9.90. The molecule has 0 aliphatic heterocycles. The molecule has 0 bridgehead atoms. The van der Waals surface area contributed by atoms with Crippen molar-refractivity contribution >= 4 is 45.3 Å². The Bertz CT molecular complexity index is 919. The third kappa shape index (κ3) is 5.02. The number of carbonyl (C=O) groups excluding carboxylic acids is 2. The normalized spacial score (nSPS) is 11.8. The summed E-state index contributed by atoms with van der Waals surface area (Å²) in [5.74, 6) is 0.0739. The van der Waals surface area contributed by atoms with E-state index in [4.69, 9.17) is 0 Å². The smallest absolute Gasteiger partial charge is 0.267 e. The van der Waals surface area contributed by atoms with Crippen LogP contribution in [0.2, 0.25) is 0 Å². The van der Waals surface area contributed by atoms with Crippen molar-refractivity contribution < 1.29 is 9.59 Å². The van der Waals surface area contributed by atoms with Crippen molar-refractivity contribution in [2.45, 2.75) is 32.6 Å². The lowest BCUT2D eigenvalue weighted by Gasteiger charge is -2.15. The fourth-order valence-corrected chi connectivity index (χ4v) is 3.96. The van der Waals surface area contributed by atoms with Gasteiger partial charge in [0, 0.05) is 11.1 Å². The van der Waals surface area contributed by atoms with Crippen LogP contribution in [0.1, 0.15) is 47.1 Å². The second-order valence-corrected chi connectivity index (χ2v) is 8.00. The number of aromatic nitrogens is 1. The summed E-state index contributed by atoms with van der Waals surface area (Å²) in [7, 11) is 0. The first-order chi connectivity index (χ1) is 13.1. The van der Waals surface area contributed by atoms with Gasteiger partial charge in [-0.25, -0.2) is 4.98 Å². The number of nitrogens with one attached hydrogen (secondary N) is 2. The Kier molecular flexibility index (Phi) is 6.36. The third-order valence-corrected chi connectivity index (χ3v) is 5.91. The molecule has 3 aromatic rings. The van der Waals surface area contributed by atoms with E-state index in [1.165, 1.54) is 22.7 Å². The molecule has 3 rings (SSSR count). The second-order valence-electron chi connectivity index (χ2n) is 6.20. The molecular formula is C20H21N3O2S2. The number of anilines is 2. The van der Waals surface area contributed by atoms with Crippen molar-refractivity contribution in [2.75, 3.05) is 10.6 Å². The van der Waals surface area contributed by atoms with Gasteiger partial charge < -0.3 is 5.32 Å². The molecule has 0 radical (unpaired) electrons. The van der Waals surface area contributed by atoms with Crippen LogP contribution in [0.25, 0.3) is 0 Å². The number of thiophene rings is 1. The topological polar surface area (TPSA) is 71.1 Å². The van der Waals surface area contributed by atoms with Crippen LogP contribution in [-0.4, -0.2) is 16.8 Å². The molecule has 27 heavy (non-hydrogen) atoms. The molecule has 2 amide bonds. The molecular weight excluding hydrogens is 378 g/mol. The van der Waals surface area contributed by atoms with Crippen molar-refractivity contribution in [3.63, 3.8) is 0 Å². The van der Waals surface area contributed by atoms with E-state index in [1.807, 2.05) is 35.7 Å². The highest BCUT2D eigenvalue weighted by molar-refractivity contribution is 7.14. The number of amides is 2. The number of rotatable bonds is 7. The minimum Gasteiger partial charge on any atom is -0.325 e. The Hall–Kier alpha value is -2.51. The number of para-hydroxylation sites is 1. The summed E-state index contributed by atoms with van der Waals surface area (Å²) in [5.41, 5.74) is 2.62. The highest BCUT2D eigenvalue weighted by atomic mass is 32.1. The lowest BCUT2D eigenvalue weighted by molar-refractivity contribution is -0.115. The van der Waals surface area contributed by atoms with Crippen LogP contribution < -0.4 is 10.6 Å². The summed E-state index contributed by atoms with van der Waals surface area (Å²) in [6.07, 6.45) is 1.17. The maximum absolute atomic E-state index is 12.4. The van der Waals surface area contributed by atoms with Gasteiger partial charge in [0.2, 0.25) is 5.91 Å². The zero-order valence-electron chi connectivity index (χ0n) is 15.2. The summed E-state index contributed by atoms with van der Waals surface area (Å²) < 4.78 is 0. The van der Waals surface area contributed by atoms with E-state index < -0.39 is 0 Å². The van der Waals surface area contributed by atoms with Gasteiger partial charge in [0.05, 0.1) is 17.0 Å². The highest BCUT2D eigenvalue weighted by Crippen LogP contribution is 2.26. The molecule has 7 heteroatoms. The summed E-state index contributed by atoms with van der Waals surface area (Å²) in [4.78, 5) is 29.5. The van der Waals surface area contributed by atoms with Crippen molar-refractivity contribution in [3.8, 4) is 0 Å². The predicted molar refractivity (Wildman–Crippen MR) is 112 cm³/mol. The van der Waals surface area contributed by atoms with E-state index in [2.05, 4.69) is 29.5 Å². The molecule has 140 valence electrons. The number of thiazole rings is 1. The quantitative estimate of drug-likeness (QED) is 0.577. The van der Waals surface area contributed by atoms with Gasteiger partial charge in [0.15, 0.2) is 5.13 Å². The van der Waals surface area contributed by atoms with Crippen LogP contribution in [0.5, 0.6) is 0 Å². The van der Waals surface area contributed by atoms with Gasteiger partial charge in [0.1, 0.15) is 0 Å².